The molecule has 0 aliphatic rings. The minimum Gasteiger partial charge on any atom is -0.481 e. The lowest BCUT2D eigenvalue weighted by Crippen LogP contribution is -2.00. The Labute approximate surface area is 108 Å². The fourth-order valence-electron chi connectivity index (χ4n) is 1.82. The molecule has 6 heteroatoms. The molecule has 0 radical (unpaired) electrons. The number of carboxylic acid groups (broad SMARTS) is 1. The molecule has 6 nitrogen and oxygen atoms in total. The van der Waals surface area contributed by atoms with E-state index in [0.717, 1.165) is 0 Å². The molecule has 0 atom stereocenters. The van der Waals surface area contributed by atoms with E-state index < -0.39 is 11.7 Å². The van der Waals surface area contributed by atoms with E-state index in [1.165, 1.54) is 6.07 Å². The molecule has 1 aromatic carbocycles. The highest BCUT2D eigenvalue weighted by molar-refractivity contribution is 5.98. The number of carbonyl (C=O) groups excluding carboxylic acids is 1. The molecule has 0 aliphatic carbocycles. The fourth-order valence-corrected chi connectivity index (χ4v) is 1.82. The van der Waals surface area contributed by atoms with Crippen molar-refractivity contribution in [2.75, 3.05) is 0 Å². The van der Waals surface area contributed by atoms with Gasteiger partial charge < -0.3 is 9.52 Å². The van der Waals surface area contributed by atoms with Crippen LogP contribution in [-0.4, -0.2) is 21.8 Å². The molecule has 1 heterocycles. The smallest absolute Gasteiger partial charge is 0.417 e. The van der Waals surface area contributed by atoms with Crippen LogP contribution in [0.3, 0.4) is 0 Å². The number of hydrogen-bond acceptors (Lipinski definition) is 4. The summed E-state index contributed by atoms with van der Waals surface area (Å²) in [6.45, 7) is 0. The van der Waals surface area contributed by atoms with Gasteiger partial charge in [-0.25, -0.2) is 4.79 Å². The summed E-state index contributed by atoms with van der Waals surface area (Å²) in [7, 11) is 0. The third-order valence-electron chi connectivity index (χ3n) is 2.79. The van der Waals surface area contributed by atoms with Crippen LogP contribution in [0.15, 0.2) is 27.4 Å². The van der Waals surface area contributed by atoms with Crippen LogP contribution in [0.1, 0.15) is 36.0 Å². The van der Waals surface area contributed by atoms with Crippen molar-refractivity contribution in [2.45, 2.75) is 25.7 Å². The van der Waals surface area contributed by atoms with Gasteiger partial charge in [0.05, 0.1) is 5.52 Å². The standard InChI is InChI=1S/C13H13NO5/c15-10(3-1-2-4-12(16)17)8-5-6-9-11(7-8)19-13(18)14-9/h5-7H,1-4H2,(H,14,18)(H,16,17). The Morgan fingerprint density at radius 1 is 1.21 bits per heavy atom. The van der Waals surface area contributed by atoms with Crippen molar-refractivity contribution in [3.63, 3.8) is 0 Å². The van der Waals surface area contributed by atoms with Gasteiger partial charge in [-0.05, 0) is 31.0 Å². The number of fused-ring (bicyclic) bond motifs is 1. The third kappa shape index (κ3) is 3.31. The molecule has 100 valence electrons. The molecule has 0 unspecified atom stereocenters. The number of aromatic amines is 1. The largest absolute Gasteiger partial charge is 0.481 e. The first-order valence-electron chi connectivity index (χ1n) is 5.94. The van der Waals surface area contributed by atoms with E-state index in [-0.39, 0.29) is 18.6 Å². The summed E-state index contributed by atoms with van der Waals surface area (Å²) < 4.78 is 4.87. The predicted octanol–water partition coefficient (Wildman–Crippen LogP) is 1.95. The summed E-state index contributed by atoms with van der Waals surface area (Å²) in [6, 6.07) is 4.75. The van der Waals surface area contributed by atoms with E-state index in [4.69, 9.17) is 9.52 Å². The zero-order valence-electron chi connectivity index (χ0n) is 10.1. The molecule has 1 aromatic heterocycles. The Hall–Kier alpha value is -2.37. The molecule has 0 bridgehead atoms. The molecule has 0 spiro atoms. The quantitative estimate of drug-likeness (QED) is 0.612. The highest BCUT2D eigenvalue weighted by Gasteiger charge is 2.09. The van der Waals surface area contributed by atoms with Gasteiger partial charge in [-0.3, -0.25) is 14.6 Å². The number of carboxylic acids is 1. The Morgan fingerprint density at radius 3 is 2.68 bits per heavy atom. The van der Waals surface area contributed by atoms with Gasteiger partial charge in [-0.2, -0.15) is 0 Å². The van der Waals surface area contributed by atoms with Crippen LogP contribution in [0.25, 0.3) is 11.1 Å². The first kappa shape index (κ1) is 13.1. The number of nitrogens with one attached hydrogen (secondary N) is 1. The second-order valence-corrected chi connectivity index (χ2v) is 4.25. The molecule has 19 heavy (non-hydrogen) atoms. The highest BCUT2D eigenvalue weighted by Crippen LogP contribution is 2.15. The summed E-state index contributed by atoms with van der Waals surface area (Å²) in [4.78, 5) is 35.7. The van der Waals surface area contributed by atoms with Gasteiger partial charge >= 0.3 is 11.7 Å². The molecule has 0 saturated carbocycles. The number of hydrogen-bond donors (Lipinski definition) is 2. The Morgan fingerprint density at radius 2 is 1.95 bits per heavy atom. The number of benzene rings is 1. The maximum absolute atomic E-state index is 11.9. The second-order valence-electron chi connectivity index (χ2n) is 4.25. The number of aliphatic carboxylic acids is 1. The van der Waals surface area contributed by atoms with Gasteiger partial charge in [0.2, 0.25) is 0 Å². The van der Waals surface area contributed by atoms with Gasteiger partial charge in [-0.15, -0.1) is 0 Å². The van der Waals surface area contributed by atoms with E-state index in [0.29, 0.717) is 29.5 Å². The van der Waals surface area contributed by atoms with Crippen LogP contribution in [0.5, 0.6) is 0 Å². The van der Waals surface area contributed by atoms with Gasteiger partial charge in [0.1, 0.15) is 0 Å². The average molecular weight is 263 g/mol. The molecule has 0 fully saturated rings. The predicted molar refractivity (Wildman–Crippen MR) is 67.3 cm³/mol. The topological polar surface area (TPSA) is 100 Å². The number of ketones is 1. The third-order valence-corrected chi connectivity index (χ3v) is 2.79. The van der Waals surface area contributed by atoms with Crippen LogP contribution >= 0.6 is 0 Å². The van der Waals surface area contributed by atoms with Crippen LogP contribution in [0, 0.1) is 0 Å². The summed E-state index contributed by atoms with van der Waals surface area (Å²) in [5.41, 5.74) is 1.36. The summed E-state index contributed by atoms with van der Waals surface area (Å²) in [5, 5.41) is 8.49. The zero-order chi connectivity index (χ0) is 13.8. The van der Waals surface area contributed by atoms with Crippen molar-refractivity contribution in [3.8, 4) is 0 Å². The molecule has 0 aliphatic heterocycles. The van der Waals surface area contributed by atoms with Crippen LogP contribution < -0.4 is 5.76 Å². The fraction of sp³-hybridized carbons (Fsp3) is 0.308. The van der Waals surface area contributed by atoms with Gasteiger partial charge in [0.15, 0.2) is 11.4 Å². The van der Waals surface area contributed by atoms with Gasteiger partial charge in [0.25, 0.3) is 0 Å². The summed E-state index contributed by atoms with van der Waals surface area (Å²) in [5.74, 6) is -1.50. The van der Waals surface area contributed by atoms with Crippen molar-refractivity contribution in [1.29, 1.82) is 0 Å². The lowest BCUT2D eigenvalue weighted by molar-refractivity contribution is -0.137. The van der Waals surface area contributed by atoms with E-state index >= 15 is 0 Å². The SMILES string of the molecule is O=C(O)CCCCC(=O)c1ccc2[nH]c(=O)oc2c1. The molecule has 2 N–H and O–H groups in total. The van der Waals surface area contributed by atoms with E-state index in [1.54, 1.807) is 12.1 Å². The van der Waals surface area contributed by atoms with Crippen molar-refractivity contribution in [1.82, 2.24) is 4.98 Å². The number of rotatable bonds is 6. The Bertz CT molecular complexity index is 667. The number of H-pyrrole nitrogens is 1. The maximum atomic E-state index is 11.9. The lowest BCUT2D eigenvalue weighted by atomic mass is 10.0. The molecule has 2 aromatic rings. The minimum atomic E-state index is -0.858. The number of aromatic nitrogens is 1. The van der Waals surface area contributed by atoms with Crippen molar-refractivity contribution >= 4 is 22.9 Å². The molecular formula is C13H13NO5. The van der Waals surface area contributed by atoms with Crippen LogP contribution in [-0.2, 0) is 4.79 Å². The summed E-state index contributed by atoms with van der Waals surface area (Å²) >= 11 is 0. The monoisotopic (exact) mass is 263 g/mol. The molecule has 2 rings (SSSR count). The minimum absolute atomic E-state index is 0.0685. The first-order chi connectivity index (χ1) is 9.06. The van der Waals surface area contributed by atoms with Crippen molar-refractivity contribution in [3.05, 3.63) is 34.3 Å². The van der Waals surface area contributed by atoms with Crippen LogP contribution in [0.2, 0.25) is 0 Å². The molecule has 0 amide bonds. The Balaban J connectivity index is 2.00. The molecule has 0 saturated heterocycles. The van der Waals surface area contributed by atoms with Gasteiger partial charge in [-0.1, -0.05) is 0 Å². The Kier molecular flexibility index (Phi) is 3.79. The second kappa shape index (κ2) is 5.51. The van der Waals surface area contributed by atoms with Crippen LogP contribution in [0.4, 0.5) is 0 Å². The van der Waals surface area contributed by atoms with E-state index in [9.17, 15) is 14.4 Å². The lowest BCUT2D eigenvalue weighted by Gasteiger charge is -2.00. The normalized spacial score (nSPS) is 10.7. The number of carbonyl (C=O) groups is 2. The molecular weight excluding hydrogens is 250 g/mol. The average Bonchev–Trinajstić information content (AvgIpc) is 2.73. The van der Waals surface area contributed by atoms with Crippen molar-refractivity contribution < 1.29 is 19.1 Å². The number of unbranched alkanes of at least 4 members (excludes halogenated alkanes) is 1. The summed E-state index contributed by atoms with van der Waals surface area (Å²) in [6.07, 6.45) is 1.36. The van der Waals surface area contributed by atoms with Gasteiger partial charge in [0, 0.05) is 18.4 Å². The van der Waals surface area contributed by atoms with E-state index in [1.807, 2.05) is 0 Å². The number of oxazole rings is 1. The van der Waals surface area contributed by atoms with E-state index in [2.05, 4.69) is 4.98 Å². The highest BCUT2D eigenvalue weighted by atomic mass is 16.4. The van der Waals surface area contributed by atoms with Crippen molar-refractivity contribution in [2.24, 2.45) is 0 Å². The number of Topliss-reactive ketones (excluding diaryl/α,β-unsaturated/α-hetero) is 1. The zero-order valence-corrected chi connectivity index (χ0v) is 10.1. The maximum Gasteiger partial charge on any atom is 0.417 e. The first-order valence-corrected chi connectivity index (χ1v) is 5.94.